The van der Waals surface area contributed by atoms with Crippen LogP contribution in [0.15, 0.2) is 0 Å². The molecule has 0 heterocycles. The summed E-state index contributed by atoms with van der Waals surface area (Å²) in [6, 6.07) is -4.15. The number of carboxylic acids is 4. The molecule has 5 atom stereocenters. The van der Waals surface area contributed by atoms with Crippen molar-refractivity contribution in [1.82, 2.24) is 16.0 Å². The minimum atomic E-state index is -1.46. The summed E-state index contributed by atoms with van der Waals surface area (Å²) < 4.78 is 0. The number of unbranched alkanes of at least 4 members (excludes halogenated alkanes) is 1. The van der Waals surface area contributed by atoms with Gasteiger partial charge in [-0.2, -0.15) is 0 Å². The van der Waals surface area contributed by atoms with Crippen LogP contribution >= 0.6 is 0 Å². The standard InChI is InChI=1S/C29H46N4O13/c1-16(17(2)34)5-3-4-14-31-29(46)21(9-13-26(42)43)33-27(44)18(6-10-23(36)37)15-22(35)20(8-12-25(40)41)32-28(45)19(30)7-11-24(38)39/h16,18-21H,3-15,30H2,1-2H3,(H,31,46)(H,32,45)(H,33,44)(H,36,37)(H,38,39)(H,40,41)(H,42,43)/t16-,18+,19-,20-,21-/m0/s1. The van der Waals surface area contributed by atoms with Crippen LogP contribution < -0.4 is 21.7 Å². The molecule has 3 amide bonds. The third kappa shape index (κ3) is 19.1. The summed E-state index contributed by atoms with van der Waals surface area (Å²) in [5.41, 5.74) is 5.68. The van der Waals surface area contributed by atoms with Gasteiger partial charge in [0.05, 0.1) is 12.1 Å². The molecule has 0 aromatic carbocycles. The fraction of sp³-hybridized carbons (Fsp3) is 0.690. The molecule has 0 unspecified atom stereocenters. The van der Waals surface area contributed by atoms with Gasteiger partial charge in [0.1, 0.15) is 11.8 Å². The van der Waals surface area contributed by atoms with Crippen molar-refractivity contribution in [2.24, 2.45) is 17.6 Å². The minimum Gasteiger partial charge on any atom is -0.481 e. The second-order valence-corrected chi connectivity index (χ2v) is 11.1. The Hall–Kier alpha value is -4.41. The molecular formula is C29H46N4O13. The number of rotatable bonds is 26. The van der Waals surface area contributed by atoms with Gasteiger partial charge in [0, 0.05) is 50.5 Å². The zero-order valence-electron chi connectivity index (χ0n) is 26.1. The van der Waals surface area contributed by atoms with Crippen molar-refractivity contribution in [3.8, 4) is 0 Å². The Balaban J connectivity index is 5.74. The Labute approximate surface area is 266 Å². The van der Waals surface area contributed by atoms with Gasteiger partial charge in [0.25, 0.3) is 0 Å². The van der Waals surface area contributed by atoms with Crippen LogP contribution in [0, 0.1) is 11.8 Å². The van der Waals surface area contributed by atoms with Crippen LogP contribution in [-0.4, -0.2) is 98.3 Å². The van der Waals surface area contributed by atoms with Crippen LogP contribution in [0.4, 0.5) is 0 Å². The smallest absolute Gasteiger partial charge is 0.303 e. The van der Waals surface area contributed by atoms with Gasteiger partial charge >= 0.3 is 23.9 Å². The molecule has 0 bridgehead atoms. The number of carboxylic acid groups (broad SMARTS) is 4. The first kappa shape index (κ1) is 41.6. The summed E-state index contributed by atoms with van der Waals surface area (Å²) in [6.45, 7) is 3.43. The van der Waals surface area contributed by atoms with Crippen LogP contribution in [0.3, 0.4) is 0 Å². The molecule has 0 aromatic rings. The van der Waals surface area contributed by atoms with E-state index in [0.717, 1.165) is 0 Å². The molecule has 9 N–H and O–H groups in total. The monoisotopic (exact) mass is 658 g/mol. The SMILES string of the molecule is CC(=O)[C@@H](C)CCCCNC(=O)[C@H](CCC(=O)O)NC(=O)[C@H](CCC(=O)O)CC(=O)[C@H](CCC(=O)O)NC(=O)[C@@H](N)CCC(=O)O. The van der Waals surface area contributed by atoms with Gasteiger partial charge < -0.3 is 42.1 Å². The number of hydrogen-bond acceptors (Lipinski definition) is 10. The van der Waals surface area contributed by atoms with Crippen LogP contribution in [0.1, 0.15) is 90.9 Å². The highest BCUT2D eigenvalue weighted by Crippen LogP contribution is 2.17. The second kappa shape index (κ2) is 22.2. The number of hydrogen-bond donors (Lipinski definition) is 8. The lowest BCUT2D eigenvalue weighted by atomic mass is 9.91. The number of amides is 3. The average Bonchev–Trinajstić information content (AvgIpc) is 2.96. The lowest BCUT2D eigenvalue weighted by Crippen LogP contribution is -2.51. The van der Waals surface area contributed by atoms with Gasteiger partial charge in [0.15, 0.2) is 5.78 Å². The zero-order valence-corrected chi connectivity index (χ0v) is 26.1. The van der Waals surface area contributed by atoms with Crippen molar-refractivity contribution >= 4 is 53.2 Å². The maximum Gasteiger partial charge on any atom is 0.303 e. The number of nitrogens with two attached hydrogens (primary N) is 1. The number of carbonyl (C=O) groups excluding carboxylic acids is 5. The Bertz CT molecular complexity index is 1110. The van der Waals surface area contributed by atoms with E-state index in [2.05, 4.69) is 16.0 Å². The molecule has 0 spiro atoms. The van der Waals surface area contributed by atoms with Gasteiger partial charge in [-0.25, -0.2) is 0 Å². The van der Waals surface area contributed by atoms with Gasteiger partial charge in [-0.15, -0.1) is 0 Å². The van der Waals surface area contributed by atoms with E-state index in [1.54, 1.807) is 6.92 Å². The molecule has 0 fully saturated rings. The molecule has 0 aromatic heterocycles. The number of Topliss-reactive ketones (excluding diaryl/α,β-unsaturated/α-hetero) is 2. The predicted molar refractivity (Wildman–Crippen MR) is 159 cm³/mol. The first-order chi connectivity index (χ1) is 21.4. The third-order valence-electron chi connectivity index (χ3n) is 7.22. The quantitative estimate of drug-likeness (QED) is 0.0560. The number of ketones is 2. The highest BCUT2D eigenvalue weighted by atomic mass is 16.4. The maximum absolute atomic E-state index is 13.3. The molecule has 0 saturated carbocycles. The summed E-state index contributed by atoms with van der Waals surface area (Å²) in [7, 11) is 0. The molecule has 46 heavy (non-hydrogen) atoms. The molecule has 0 aliphatic rings. The Morgan fingerprint density at radius 1 is 0.609 bits per heavy atom. The van der Waals surface area contributed by atoms with E-state index >= 15 is 0 Å². The van der Waals surface area contributed by atoms with Crippen LogP contribution in [-0.2, 0) is 43.2 Å². The van der Waals surface area contributed by atoms with Crippen molar-refractivity contribution < 1.29 is 63.6 Å². The van der Waals surface area contributed by atoms with Gasteiger partial charge in [-0.05, 0) is 45.4 Å². The van der Waals surface area contributed by atoms with Gasteiger partial charge in [0.2, 0.25) is 17.7 Å². The summed E-state index contributed by atoms with van der Waals surface area (Å²) >= 11 is 0. The summed E-state index contributed by atoms with van der Waals surface area (Å²) in [4.78, 5) is 108. The summed E-state index contributed by atoms with van der Waals surface area (Å²) in [5, 5.41) is 43.5. The van der Waals surface area contributed by atoms with E-state index in [1.807, 2.05) is 0 Å². The van der Waals surface area contributed by atoms with Crippen molar-refractivity contribution in [3.63, 3.8) is 0 Å². The van der Waals surface area contributed by atoms with Crippen molar-refractivity contribution in [1.29, 1.82) is 0 Å². The van der Waals surface area contributed by atoms with Crippen LogP contribution in [0.25, 0.3) is 0 Å². The first-order valence-corrected chi connectivity index (χ1v) is 15.0. The first-order valence-electron chi connectivity index (χ1n) is 15.0. The molecule has 17 heteroatoms. The Morgan fingerprint density at radius 2 is 1.09 bits per heavy atom. The Morgan fingerprint density at radius 3 is 1.61 bits per heavy atom. The summed E-state index contributed by atoms with van der Waals surface area (Å²) in [5.74, 6) is -9.95. The zero-order chi connectivity index (χ0) is 35.4. The van der Waals surface area contributed by atoms with E-state index < -0.39 is 110 Å². The van der Waals surface area contributed by atoms with Crippen molar-refractivity contribution in [3.05, 3.63) is 0 Å². The molecule has 17 nitrogen and oxygen atoms in total. The van der Waals surface area contributed by atoms with Crippen molar-refractivity contribution in [2.75, 3.05) is 6.54 Å². The lowest BCUT2D eigenvalue weighted by molar-refractivity contribution is -0.140. The van der Waals surface area contributed by atoms with Crippen LogP contribution in [0.5, 0.6) is 0 Å². The highest BCUT2D eigenvalue weighted by Gasteiger charge is 2.32. The molecule has 0 saturated heterocycles. The fourth-order valence-corrected chi connectivity index (χ4v) is 4.22. The van der Waals surface area contributed by atoms with Crippen LogP contribution in [0.2, 0.25) is 0 Å². The lowest BCUT2D eigenvalue weighted by Gasteiger charge is -2.24. The second-order valence-electron chi connectivity index (χ2n) is 11.1. The molecule has 0 radical (unpaired) electrons. The number of nitrogens with one attached hydrogen (secondary N) is 3. The average molecular weight is 659 g/mol. The largest absolute Gasteiger partial charge is 0.481 e. The summed E-state index contributed by atoms with van der Waals surface area (Å²) in [6.07, 6.45) is -2.42. The molecule has 260 valence electrons. The molecule has 0 rings (SSSR count). The molecule has 0 aliphatic carbocycles. The minimum absolute atomic E-state index is 0.0336. The molecule has 0 aliphatic heterocycles. The van der Waals surface area contributed by atoms with Gasteiger partial charge in [-0.1, -0.05) is 13.3 Å². The third-order valence-corrected chi connectivity index (χ3v) is 7.22. The number of aliphatic carboxylic acids is 4. The van der Waals surface area contributed by atoms with E-state index in [1.165, 1.54) is 6.92 Å². The predicted octanol–water partition coefficient (Wildman–Crippen LogP) is -0.170. The van der Waals surface area contributed by atoms with E-state index in [9.17, 15) is 48.3 Å². The fourth-order valence-electron chi connectivity index (χ4n) is 4.22. The maximum atomic E-state index is 13.3. The van der Waals surface area contributed by atoms with Gasteiger partial charge in [-0.3, -0.25) is 43.2 Å². The normalized spacial score (nSPS) is 14.1. The van der Waals surface area contributed by atoms with E-state index in [0.29, 0.717) is 19.3 Å². The topological polar surface area (TPSA) is 297 Å². The molecular weight excluding hydrogens is 612 g/mol. The number of carbonyl (C=O) groups is 9. The van der Waals surface area contributed by atoms with Crippen molar-refractivity contribution in [2.45, 2.75) is 109 Å². The van der Waals surface area contributed by atoms with E-state index in [4.69, 9.17) is 21.1 Å². The van der Waals surface area contributed by atoms with E-state index in [-0.39, 0.29) is 37.5 Å². The highest BCUT2D eigenvalue weighted by molar-refractivity contribution is 5.95. The Kier molecular flexibility index (Phi) is 20.0.